The van der Waals surface area contributed by atoms with E-state index in [-0.39, 0.29) is 0 Å². The van der Waals surface area contributed by atoms with Gasteiger partial charge in [-0.25, -0.2) is 4.98 Å². The van der Waals surface area contributed by atoms with Gasteiger partial charge in [0.05, 0.1) is 12.2 Å². The smallest absolute Gasteiger partial charge is 0.177 e. The molecule has 7 nitrogen and oxygen atoms in total. The predicted octanol–water partition coefficient (Wildman–Crippen LogP) is 1.39. The van der Waals surface area contributed by atoms with Gasteiger partial charge in [0.2, 0.25) is 0 Å². The van der Waals surface area contributed by atoms with E-state index in [1.807, 2.05) is 23.5 Å². The van der Waals surface area contributed by atoms with E-state index in [0.29, 0.717) is 6.04 Å². The molecule has 0 saturated carbocycles. The zero-order chi connectivity index (χ0) is 16.1. The topological polar surface area (TPSA) is 62.5 Å². The van der Waals surface area contributed by atoms with Crippen LogP contribution in [0.15, 0.2) is 18.5 Å². The van der Waals surface area contributed by atoms with E-state index < -0.39 is 0 Å². The first-order valence-electron chi connectivity index (χ1n) is 8.36. The molecule has 3 aromatic heterocycles. The summed E-state index contributed by atoms with van der Waals surface area (Å²) in [6.45, 7) is 2.96. The molecule has 1 aliphatic carbocycles. The third-order valence-corrected chi connectivity index (χ3v) is 6.12. The van der Waals surface area contributed by atoms with Crippen LogP contribution < -0.4 is 4.90 Å². The lowest BCUT2D eigenvalue weighted by atomic mass is 10.1. The molecule has 0 unspecified atom stereocenters. The van der Waals surface area contributed by atoms with Crippen LogP contribution in [0.3, 0.4) is 0 Å². The third-order valence-electron chi connectivity index (χ3n) is 4.98. The number of nitrogens with zero attached hydrogens (tertiary/aromatic N) is 7. The number of aryl methyl sites for hydroxylation is 2. The fraction of sp³-hybridized carbons (Fsp3) is 0.500. The van der Waals surface area contributed by atoms with E-state index >= 15 is 0 Å². The van der Waals surface area contributed by atoms with Crippen molar-refractivity contribution in [1.82, 2.24) is 29.7 Å². The molecule has 5 rings (SSSR count). The van der Waals surface area contributed by atoms with Gasteiger partial charge >= 0.3 is 0 Å². The molecule has 8 heteroatoms. The van der Waals surface area contributed by atoms with Crippen molar-refractivity contribution in [3.63, 3.8) is 0 Å². The Hall–Kier alpha value is -2.06. The van der Waals surface area contributed by atoms with Crippen LogP contribution >= 0.6 is 11.3 Å². The SMILES string of the molecule is CN(Cc1nc2c(s1)CCC2)C1CN(c2ccc3nncn3n2)C1. The average Bonchev–Trinajstić information content (AvgIpc) is 3.19. The summed E-state index contributed by atoms with van der Waals surface area (Å²) in [5.41, 5.74) is 2.13. The Morgan fingerprint density at radius 3 is 3.08 bits per heavy atom. The number of fused-ring (bicyclic) bond motifs is 2. The summed E-state index contributed by atoms with van der Waals surface area (Å²) < 4.78 is 1.73. The highest BCUT2D eigenvalue weighted by molar-refractivity contribution is 7.11. The van der Waals surface area contributed by atoms with E-state index in [2.05, 4.69) is 32.1 Å². The Morgan fingerprint density at radius 2 is 2.21 bits per heavy atom. The van der Waals surface area contributed by atoms with Crippen LogP contribution in [0.25, 0.3) is 5.65 Å². The predicted molar refractivity (Wildman–Crippen MR) is 92.4 cm³/mol. The lowest BCUT2D eigenvalue weighted by Crippen LogP contribution is -2.58. The minimum atomic E-state index is 0.558. The van der Waals surface area contributed by atoms with Gasteiger partial charge in [0, 0.05) is 24.0 Å². The zero-order valence-corrected chi connectivity index (χ0v) is 14.4. The highest BCUT2D eigenvalue weighted by Gasteiger charge is 2.31. The van der Waals surface area contributed by atoms with Gasteiger partial charge in [0.1, 0.15) is 17.2 Å². The molecular formula is C16H19N7S. The summed E-state index contributed by atoms with van der Waals surface area (Å²) in [4.78, 5) is 11.0. The molecular weight excluding hydrogens is 322 g/mol. The average molecular weight is 341 g/mol. The van der Waals surface area contributed by atoms with Crippen LogP contribution in [-0.4, -0.2) is 55.9 Å². The van der Waals surface area contributed by atoms with Gasteiger partial charge in [0.25, 0.3) is 0 Å². The number of thiazole rings is 1. The lowest BCUT2D eigenvalue weighted by molar-refractivity contribution is 0.196. The van der Waals surface area contributed by atoms with Crippen molar-refractivity contribution in [2.24, 2.45) is 0 Å². The summed E-state index contributed by atoms with van der Waals surface area (Å²) in [6, 6.07) is 4.54. The molecule has 1 aliphatic heterocycles. The van der Waals surface area contributed by atoms with Crippen LogP contribution in [0, 0.1) is 0 Å². The first-order chi connectivity index (χ1) is 11.8. The maximum Gasteiger partial charge on any atom is 0.177 e. The zero-order valence-electron chi connectivity index (χ0n) is 13.6. The highest BCUT2D eigenvalue weighted by Crippen LogP contribution is 2.29. The Bertz CT molecular complexity index is 858. The third kappa shape index (κ3) is 2.37. The number of likely N-dealkylation sites (N-methyl/N-ethyl adjacent to an activating group) is 1. The molecule has 24 heavy (non-hydrogen) atoms. The van der Waals surface area contributed by atoms with Crippen molar-refractivity contribution in [2.45, 2.75) is 31.8 Å². The Kier molecular flexibility index (Phi) is 3.27. The van der Waals surface area contributed by atoms with Crippen molar-refractivity contribution in [3.05, 3.63) is 34.0 Å². The van der Waals surface area contributed by atoms with Gasteiger partial charge < -0.3 is 4.90 Å². The van der Waals surface area contributed by atoms with Gasteiger partial charge in [-0.05, 0) is 38.4 Å². The quantitative estimate of drug-likeness (QED) is 0.715. The van der Waals surface area contributed by atoms with Crippen LogP contribution in [-0.2, 0) is 19.4 Å². The minimum absolute atomic E-state index is 0.558. The van der Waals surface area contributed by atoms with Crippen LogP contribution in [0.5, 0.6) is 0 Å². The highest BCUT2D eigenvalue weighted by atomic mass is 32.1. The summed E-state index contributed by atoms with van der Waals surface area (Å²) in [5.74, 6) is 0.986. The molecule has 0 atom stereocenters. The molecule has 3 aromatic rings. The molecule has 0 amide bonds. The molecule has 0 radical (unpaired) electrons. The molecule has 124 valence electrons. The summed E-state index contributed by atoms with van der Waals surface area (Å²) >= 11 is 1.91. The van der Waals surface area contributed by atoms with Crippen LogP contribution in [0.4, 0.5) is 5.82 Å². The van der Waals surface area contributed by atoms with Gasteiger partial charge in [-0.2, -0.15) is 4.52 Å². The second-order valence-corrected chi connectivity index (χ2v) is 7.80. The number of rotatable bonds is 4. The Balaban J connectivity index is 1.22. The molecule has 2 aliphatic rings. The molecule has 1 fully saturated rings. The van der Waals surface area contributed by atoms with E-state index in [1.54, 1.807) is 10.8 Å². The van der Waals surface area contributed by atoms with Crippen molar-refractivity contribution in [1.29, 1.82) is 0 Å². The molecule has 0 spiro atoms. The second kappa shape index (κ2) is 5.49. The number of anilines is 1. The first-order valence-corrected chi connectivity index (χ1v) is 9.17. The summed E-state index contributed by atoms with van der Waals surface area (Å²) in [5, 5.41) is 13.7. The maximum atomic E-state index is 4.81. The van der Waals surface area contributed by atoms with Gasteiger partial charge in [-0.1, -0.05) is 0 Å². The lowest BCUT2D eigenvalue weighted by Gasteiger charge is -2.44. The monoisotopic (exact) mass is 341 g/mol. The molecule has 4 heterocycles. The van der Waals surface area contributed by atoms with Gasteiger partial charge in [0.15, 0.2) is 5.65 Å². The maximum absolute atomic E-state index is 4.81. The van der Waals surface area contributed by atoms with E-state index in [1.165, 1.54) is 34.8 Å². The van der Waals surface area contributed by atoms with Crippen molar-refractivity contribution >= 4 is 22.8 Å². The van der Waals surface area contributed by atoms with Gasteiger partial charge in [-0.15, -0.1) is 26.6 Å². The standard InChI is InChI=1S/C16H19N7S/c1-21(9-16-18-12-3-2-4-13(12)24-16)11-7-22(8-11)15-6-5-14-19-17-10-23(14)20-15/h5-6,10-11H,2-4,7-9H2,1H3. The molecule has 0 aromatic carbocycles. The van der Waals surface area contributed by atoms with Crippen molar-refractivity contribution < 1.29 is 0 Å². The van der Waals surface area contributed by atoms with E-state index in [0.717, 1.165) is 31.1 Å². The summed E-state index contributed by atoms with van der Waals surface area (Å²) in [6.07, 6.45) is 5.32. The number of aromatic nitrogens is 5. The number of hydrogen-bond acceptors (Lipinski definition) is 7. The second-order valence-electron chi connectivity index (χ2n) is 6.63. The fourth-order valence-corrected chi connectivity index (χ4v) is 4.68. The largest absolute Gasteiger partial charge is 0.352 e. The fourth-order valence-electron chi connectivity index (χ4n) is 3.46. The Labute approximate surface area is 143 Å². The molecule has 0 N–H and O–H groups in total. The normalized spacial score (nSPS) is 17.7. The summed E-state index contributed by atoms with van der Waals surface area (Å²) in [7, 11) is 2.20. The van der Waals surface area contributed by atoms with Crippen LogP contribution in [0.2, 0.25) is 0 Å². The van der Waals surface area contributed by atoms with Crippen molar-refractivity contribution in [2.75, 3.05) is 25.0 Å². The first kappa shape index (κ1) is 14.3. The van der Waals surface area contributed by atoms with Gasteiger partial charge in [-0.3, -0.25) is 4.90 Å². The number of hydrogen-bond donors (Lipinski definition) is 0. The van der Waals surface area contributed by atoms with Crippen LogP contribution in [0.1, 0.15) is 22.0 Å². The van der Waals surface area contributed by atoms with E-state index in [4.69, 9.17) is 4.98 Å². The Morgan fingerprint density at radius 1 is 1.29 bits per heavy atom. The minimum Gasteiger partial charge on any atom is -0.352 e. The van der Waals surface area contributed by atoms with Crippen molar-refractivity contribution in [3.8, 4) is 0 Å². The van der Waals surface area contributed by atoms with E-state index in [9.17, 15) is 0 Å². The molecule has 0 bridgehead atoms. The molecule has 1 saturated heterocycles.